The minimum atomic E-state index is 0.265. The van der Waals surface area contributed by atoms with Crippen LogP contribution in [0.3, 0.4) is 0 Å². The molecular weight excluding hydrogens is 184 g/mol. The zero-order chi connectivity index (χ0) is 11.3. The standard InChI is InChI=1S/C13H18N2/c1-5-6-7-12(14-4)13-11(3)8-10(2)9-15-13/h1,8-9,12,14H,6-7H2,2-4H3. The van der Waals surface area contributed by atoms with Crippen molar-refractivity contribution in [2.75, 3.05) is 7.05 Å². The Hall–Kier alpha value is -1.33. The zero-order valence-corrected chi connectivity index (χ0v) is 9.67. The molecular formula is C13H18N2. The highest BCUT2D eigenvalue weighted by Crippen LogP contribution is 2.19. The van der Waals surface area contributed by atoms with Gasteiger partial charge in [-0.1, -0.05) is 6.07 Å². The van der Waals surface area contributed by atoms with E-state index in [9.17, 15) is 0 Å². The van der Waals surface area contributed by atoms with E-state index in [1.54, 1.807) is 0 Å². The van der Waals surface area contributed by atoms with E-state index in [0.717, 1.165) is 18.5 Å². The number of hydrogen-bond acceptors (Lipinski definition) is 2. The molecule has 0 radical (unpaired) electrons. The smallest absolute Gasteiger partial charge is 0.0602 e. The number of hydrogen-bond donors (Lipinski definition) is 1. The number of aryl methyl sites for hydroxylation is 2. The fourth-order valence-corrected chi connectivity index (χ4v) is 1.74. The van der Waals surface area contributed by atoms with E-state index in [-0.39, 0.29) is 6.04 Å². The molecule has 0 aliphatic carbocycles. The first-order valence-corrected chi connectivity index (χ1v) is 5.23. The number of pyridine rings is 1. The molecule has 0 aliphatic heterocycles. The van der Waals surface area contributed by atoms with Crippen molar-refractivity contribution in [3.8, 4) is 12.3 Å². The number of terminal acetylenes is 1. The first kappa shape index (κ1) is 11.7. The maximum absolute atomic E-state index is 5.27. The van der Waals surface area contributed by atoms with Gasteiger partial charge in [0.1, 0.15) is 0 Å². The van der Waals surface area contributed by atoms with Crippen LogP contribution in [0.2, 0.25) is 0 Å². The predicted octanol–water partition coefficient (Wildman–Crippen LogP) is 2.37. The van der Waals surface area contributed by atoms with Gasteiger partial charge in [0.15, 0.2) is 0 Å². The van der Waals surface area contributed by atoms with Crippen molar-refractivity contribution in [2.45, 2.75) is 32.7 Å². The molecule has 0 aliphatic rings. The summed E-state index contributed by atoms with van der Waals surface area (Å²) >= 11 is 0. The molecule has 0 saturated heterocycles. The molecule has 2 heteroatoms. The van der Waals surface area contributed by atoms with Crippen LogP contribution >= 0.6 is 0 Å². The topological polar surface area (TPSA) is 24.9 Å². The lowest BCUT2D eigenvalue weighted by atomic mass is 10.0. The van der Waals surface area contributed by atoms with Crippen molar-refractivity contribution in [2.24, 2.45) is 0 Å². The Balaban J connectivity index is 2.87. The van der Waals surface area contributed by atoms with Crippen LogP contribution in [0.25, 0.3) is 0 Å². The first-order valence-electron chi connectivity index (χ1n) is 5.23. The van der Waals surface area contributed by atoms with Crippen molar-refractivity contribution in [1.29, 1.82) is 0 Å². The molecule has 15 heavy (non-hydrogen) atoms. The van der Waals surface area contributed by atoms with Gasteiger partial charge in [-0.3, -0.25) is 4.98 Å². The minimum absolute atomic E-state index is 0.265. The highest BCUT2D eigenvalue weighted by molar-refractivity contribution is 5.25. The van der Waals surface area contributed by atoms with E-state index in [4.69, 9.17) is 6.42 Å². The monoisotopic (exact) mass is 202 g/mol. The largest absolute Gasteiger partial charge is 0.312 e. The van der Waals surface area contributed by atoms with Crippen molar-refractivity contribution in [3.05, 3.63) is 29.1 Å². The molecule has 1 N–H and O–H groups in total. The Morgan fingerprint density at radius 3 is 2.80 bits per heavy atom. The van der Waals surface area contributed by atoms with E-state index in [0.29, 0.717) is 0 Å². The molecule has 0 fully saturated rings. The normalized spacial score (nSPS) is 12.1. The lowest BCUT2D eigenvalue weighted by Crippen LogP contribution is -2.18. The average Bonchev–Trinajstić information content (AvgIpc) is 2.21. The number of aromatic nitrogens is 1. The van der Waals surface area contributed by atoms with Crippen molar-refractivity contribution in [1.82, 2.24) is 10.3 Å². The number of nitrogens with zero attached hydrogens (tertiary/aromatic N) is 1. The second kappa shape index (κ2) is 5.53. The third kappa shape index (κ3) is 3.07. The quantitative estimate of drug-likeness (QED) is 0.758. The van der Waals surface area contributed by atoms with Gasteiger partial charge in [0.2, 0.25) is 0 Å². The average molecular weight is 202 g/mol. The molecule has 1 rings (SSSR count). The summed E-state index contributed by atoms with van der Waals surface area (Å²) < 4.78 is 0. The highest BCUT2D eigenvalue weighted by Gasteiger charge is 2.12. The van der Waals surface area contributed by atoms with Gasteiger partial charge in [0.25, 0.3) is 0 Å². The Morgan fingerprint density at radius 2 is 2.27 bits per heavy atom. The van der Waals surface area contributed by atoms with Gasteiger partial charge < -0.3 is 5.32 Å². The van der Waals surface area contributed by atoms with E-state index in [1.807, 2.05) is 13.2 Å². The Kier molecular flexibility index (Phi) is 4.33. The molecule has 0 aromatic carbocycles. The Bertz CT molecular complexity index is 363. The van der Waals surface area contributed by atoms with Crippen LogP contribution < -0.4 is 5.32 Å². The SMILES string of the molecule is C#CCCC(NC)c1ncc(C)cc1C. The second-order valence-corrected chi connectivity index (χ2v) is 3.80. The molecule has 1 unspecified atom stereocenters. The van der Waals surface area contributed by atoms with Crippen LogP contribution in [0.5, 0.6) is 0 Å². The Labute approximate surface area is 92.1 Å². The van der Waals surface area contributed by atoms with Gasteiger partial charge in [-0.2, -0.15) is 0 Å². The molecule has 0 spiro atoms. The molecule has 80 valence electrons. The van der Waals surface area contributed by atoms with E-state index >= 15 is 0 Å². The van der Waals surface area contributed by atoms with Gasteiger partial charge in [0.05, 0.1) is 11.7 Å². The zero-order valence-electron chi connectivity index (χ0n) is 9.67. The summed E-state index contributed by atoms with van der Waals surface area (Å²) in [5.41, 5.74) is 3.53. The third-order valence-electron chi connectivity index (χ3n) is 2.51. The van der Waals surface area contributed by atoms with Crippen LogP contribution in [0.1, 0.15) is 35.7 Å². The summed E-state index contributed by atoms with van der Waals surface area (Å²) in [5.74, 6) is 2.67. The second-order valence-electron chi connectivity index (χ2n) is 3.80. The molecule has 0 bridgehead atoms. The molecule has 1 aromatic heterocycles. The van der Waals surface area contributed by atoms with Gasteiger partial charge in [-0.05, 0) is 38.4 Å². The van der Waals surface area contributed by atoms with Crippen LogP contribution in [0.15, 0.2) is 12.3 Å². The summed E-state index contributed by atoms with van der Waals surface area (Å²) in [4.78, 5) is 4.47. The van der Waals surface area contributed by atoms with E-state index < -0.39 is 0 Å². The van der Waals surface area contributed by atoms with Crippen LogP contribution in [0.4, 0.5) is 0 Å². The number of nitrogens with one attached hydrogen (secondary N) is 1. The lowest BCUT2D eigenvalue weighted by molar-refractivity contribution is 0.541. The highest BCUT2D eigenvalue weighted by atomic mass is 14.9. The fourth-order valence-electron chi connectivity index (χ4n) is 1.74. The Morgan fingerprint density at radius 1 is 1.53 bits per heavy atom. The molecule has 1 heterocycles. The summed E-state index contributed by atoms with van der Waals surface area (Å²) in [6, 6.07) is 2.42. The summed E-state index contributed by atoms with van der Waals surface area (Å²) in [7, 11) is 1.95. The fraction of sp³-hybridized carbons (Fsp3) is 0.462. The van der Waals surface area contributed by atoms with Crippen molar-refractivity contribution in [3.63, 3.8) is 0 Å². The van der Waals surface area contributed by atoms with Crippen LogP contribution in [0, 0.1) is 26.2 Å². The minimum Gasteiger partial charge on any atom is -0.312 e. The van der Waals surface area contributed by atoms with Gasteiger partial charge >= 0.3 is 0 Å². The van der Waals surface area contributed by atoms with Crippen LogP contribution in [-0.4, -0.2) is 12.0 Å². The predicted molar refractivity (Wildman–Crippen MR) is 63.6 cm³/mol. The molecule has 0 saturated carbocycles. The maximum atomic E-state index is 5.27. The number of rotatable bonds is 4. The van der Waals surface area contributed by atoms with Gasteiger partial charge in [0, 0.05) is 12.6 Å². The van der Waals surface area contributed by atoms with E-state index in [2.05, 4.69) is 36.1 Å². The molecule has 1 aromatic rings. The first-order chi connectivity index (χ1) is 7.19. The maximum Gasteiger partial charge on any atom is 0.0602 e. The summed E-state index contributed by atoms with van der Waals surface area (Å²) in [6.45, 7) is 4.15. The summed E-state index contributed by atoms with van der Waals surface area (Å²) in [5, 5.41) is 3.26. The van der Waals surface area contributed by atoms with Crippen molar-refractivity contribution < 1.29 is 0 Å². The van der Waals surface area contributed by atoms with Crippen LogP contribution in [-0.2, 0) is 0 Å². The molecule has 1 atom stereocenters. The lowest BCUT2D eigenvalue weighted by Gasteiger charge is -2.16. The molecule has 2 nitrogen and oxygen atoms in total. The van der Waals surface area contributed by atoms with Gasteiger partial charge in [-0.15, -0.1) is 12.3 Å². The molecule has 0 amide bonds. The summed E-state index contributed by atoms with van der Waals surface area (Å²) in [6.07, 6.45) is 8.89. The van der Waals surface area contributed by atoms with Crippen molar-refractivity contribution >= 4 is 0 Å². The van der Waals surface area contributed by atoms with Gasteiger partial charge in [-0.25, -0.2) is 0 Å². The third-order valence-corrected chi connectivity index (χ3v) is 2.51. The van der Waals surface area contributed by atoms with E-state index in [1.165, 1.54) is 11.1 Å².